The van der Waals surface area contributed by atoms with Gasteiger partial charge in [0.2, 0.25) is 0 Å². The van der Waals surface area contributed by atoms with E-state index < -0.39 is 0 Å². The molecule has 0 spiro atoms. The van der Waals surface area contributed by atoms with Gasteiger partial charge < -0.3 is 0 Å². The fourth-order valence-electron chi connectivity index (χ4n) is 1.83. The zero-order chi connectivity index (χ0) is 11.4. The Balaban J connectivity index is 2.90. The summed E-state index contributed by atoms with van der Waals surface area (Å²) in [6.07, 6.45) is 2.32. The summed E-state index contributed by atoms with van der Waals surface area (Å²) in [6.45, 7) is 9.06. The molecule has 0 aliphatic carbocycles. The summed E-state index contributed by atoms with van der Waals surface area (Å²) in [5, 5.41) is 0. The lowest BCUT2D eigenvalue weighted by Crippen LogP contribution is -2.00. The monoisotopic (exact) mass is 268 g/mol. The third-order valence-electron chi connectivity index (χ3n) is 2.41. The van der Waals surface area contributed by atoms with E-state index >= 15 is 0 Å². The van der Waals surface area contributed by atoms with Crippen LogP contribution in [0.15, 0.2) is 22.7 Å². The van der Waals surface area contributed by atoms with Crippen molar-refractivity contribution < 1.29 is 0 Å². The highest BCUT2D eigenvalue weighted by Gasteiger charge is 2.08. The van der Waals surface area contributed by atoms with E-state index in [1.54, 1.807) is 0 Å². The summed E-state index contributed by atoms with van der Waals surface area (Å²) in [7, 11) is 0. The van der Waals surface area contributed by atoms with Crippen LogP contribution in [0.3, 0.4) is 0 Å². The molecule has 0 aromatic heterocycles. The Kier molecular flexibility index (Phi) is 4.85. The minimum absolute atomic E-state index is 0.718. The van der Waals surface area contributed by atoms with Gasteiger partial charge in [0, 0.05) is 4.47 Å². The maximum Gasteiger partial charge on any atom is 0.0239 e. The third-order valence-corrected chi connectivity index (χ3v) is 3.43. The summed E-state index contributed by atoms with van der Waals surface area (Å²) in [5.41, 5.74) is 2.89. The van der Waals surface area contributed by atoms with E-state index in [0.717, 1.165) is 24.7 Å². The molecule has 1 aromatic carbocycles. The molecule has 0 N–H and O–H groups in total. The molecule has 0 saturated heterocycles. The molecule has 15 heavy (non-hydrogen) atoms. The van der Waals surface area contributed by atoms with Crippen molar-refractivity contribution in [3.8, 4) is 0 Å². The zero-order valence-electron chi connectivity index (χ0n) is 10.2. The number of benzene rings is 1. The van der Waals surface area contributed by atoms with Crippen molar-refractivity contribution in [1.82, 2.24) is 0 Å². The maximum atomic E-state index is 3.74. The summed E-state index contributed by atoms with van der Waals surface area (Å²) < 4.78 is 1.33. The van der Waals surface area contributed by atoms with Crippen LogP contribution in [-0.4, -0.2) is 0 Å². The van der Waals surface area contributed by atoms with Crippen LogP contribution in [0.4, 0.5) is 0 Å². The van der Waals surface area contributed by atoms with Gasteiger partial charge in [0.15, 0.2) is 0 Å². The van der Waals surface area contributed by atoms with Crippen LogP contribution in [0.2, 0.25) is 0 Å². The van der Waals surface area contributed by atoms with E-state index in [1.807, 2.05) is 0 Å². The van der Waals surface area contributed by atoms with Crippen LogP contribution in [0, 0.1) is 11.8 Å². The molecule has 1 aromatic rings. The highest BCUT2D eigenvalue weighted by Crippen LogP contribution is 2.26. The van der Waals surface area contributed by atoms with Crippen molar-refractivity contribution in [3.05, 3.63) is 33.8 Å². The van der Waals surface area contributed by atoms with Crippen molar-refractivity contribution in [2.24, 2.45) is 11.8 Å². The summed E-state index contributed by atoms with van der Waals surface area (Å²) in [6, 6.07) is 6.64. The molecular formula is C14H21Br. The molecule has 1 heteroatoms. The number of halogens is 1. The smallest absolute Gasteiger partial charge is 0.0239 e. The van der Waals surface area contributed by atoms with Gasteiger partial charge in [0.25, 0.3) is 0 Å². The van der Waals surface area contributed by atoms with Gasteiger partial charge in [-0.1, -0.05) is 61.8 Å². The van der Waals surface area contributed by atoms with Crippen LogP contribution in [0.25, 0.3) is 0 Å². The van der Waals surface area contributed by atoms with Crippen LogP contribution in [-0.2, 0) is 12.8 Å². The summed E-state index contributed by atoms with van der Waals surface area (Å²) in [5.74, 6) is 1.44. The Hall–Kier alpha value is -0.300. The Morgan fingerprint density at radius 2 is 1.33 bits per heavy atom. The normalized spacial score (nSPS) is 11.4. The molecule has 0 saturated carbocycles. The highest BCUT2D eigenvalue weighted by atomic mass is 79.9. The lowest BCUT2D eigenvalue weighted by molar-refractivity contribution is 0.633. The SMILES string of the molecule is CC(C)Cc1cccc(CC(C)C)c1Br. The fraction of sp³-hybridized carbons (Fsp3) is 0.571. The van der Waals surface area contributed by atoms with Gasteiger partial charge in [-0.2, -0.15) is 0 Å². The number of hydrogen-bond donors (Lipinski definition) is 0. The third kappa shape index (κ3) is 3.98. The minimum atomic E-state index is 0.718. The van der Waals surface area contributed by atoms with E-state index in [4.69, 9.17) is 0 Å². The van der Waals surface area contributed by atoms with E-state index in [1.165, 1.54) is 15.6 Å². The first-order valence-electron chi connectivity index (χ1n) is 5.77. The van der Waals surface area contributed by atoms with Crippen molar-refractivity contribution >= 4 is 15.9 Å². The first-order valence-corrected chi connectivity index (χ1v) is 6.56. The first kappa shape index (κ1) is 12.8. The second-order valence-electron chi connectivity index (χ2n) is 5.09. The minimum Gasteiger partial charge on any atom is -0.0625 e. The van der Waals surface area contributed by atoms with Crippen LogP contribution in [0.5, 0.6) is 0 Å². The molecule has 1 rings (SSSR count). The Morgan fingerprint density at radius 1 is 0.933 bits per heavy atom. The Morgan fingerprint density at radius 3 is 1.67 bits per heavy atom. The molecule has 0 nitrogen and oxygen atoms in total. The van der Waals surface area contributed by atoms with E-state index in [0.29, 0.717) is 0 Å². The fourth-order valence-corrected chi connectivity index (χ4v) is 2.42. The van der Waals surface area contributed by atoms with Crippen molar-refractivity contribution in [2.45, 2.75) is 40.5 Å². The molecule has 0 aliphatic rings. The predicted octanol–water partition coefficient (Wildman–Crippen LogP) is 4.85. The average Bonchev–Trinajstić information content (AvgIpc) is 2.10. The van der Waals surface area contributed by atoms with E-state index in [2.05, 4.69) is 61.8 Å². The van der Waals surface area contributed by atoms with Gasteiger partial charge in [-0.15, -0.1) is 0 Å². The summed E-state index contributed by atoms with van der Waals surface area (Å²) in [4.78, 5) is 0. The van der Waals surface area contributed by atoms with Gasteiger partial charge in [-0.3, -0.25) is 0 Å². The second-order valence-corrected chi connectivity index (χ2v) is 5.88. The van der Waals surface area contributed by atoms with Crippen molar-refractivity contribution in [1.29, 1.82) is 0 Å². The van der Waals surface area contributed by atoms with Crippen molar-refractivity contribution in [3.63, 3.8) is 0 Å². The largest absolute Gasteiger partial charge is 0.0625 e. The standard InChI is InChI=1S/C14H21Br/c1-10(2)8-12-6-5-7-13(14(12)15)9-11(3)4/h5-7,10-11H,8-9H2,1-4H3. The average molecular weight is 269 g/mol. The second kappa shape index (κ2) is 5.69. The lowest BCUT2D eigenvalue weighted by atomic mass is 9.97. The molecule has 0 heterocycles. The quantitative estimate of drug-likeness (QED) is 0.733. The van der Waals surface area contributed by atoms with Crippen LogP contribution < -0.4 is 0 Å². The Bertz CT molecular complexity index is 285. The van der Waals surface area contributed by atoms with Gasteiger partial charge in [0.05, 0.1) is 0 Å². The van der Waals surface area contributed by atoms with Crippen LogP contribution >= 0.6 is 15.9 Å². The highest BCUT2D eigenvalue weighted by molar-refractivity contribution is 9.10. The molecule has 0 unspecified atom stereocenters. The van der Waals surface area contributed by atoms with E-state index in [9.17, 15) is 0 Å². The van der Waals surface area contributed by atoms with Crippen LogP contribution in [0.1, 0.15) is 38.8 Å². The number of rotatable bonds is 4. The van der Waals surface area contributed by atoms with Gasteiger partial charge in [-0.25, -0.2) is 0 Å². The number of hydrogen-bond acceptors (Lipinski definition) is 0. The van der Waals surface area contributed by atoms with Gasteiger partial charge in [-0.05, 0) is 35.8 Å². The first-order chi connectivity index (χ1) is 7.00. The molecular weight excluding hydrogens is 248 g/mol. The van der Waals surface area contributed by atoms with Gasteiger partial charge in [0.1, 0.15) is 0 Å². The maximum absolute atomic E-state index is 3.74. The molecule has 0 aliphatic heterocycles. The molecule has 0 atom stereocenters. The van der Waals surface area contributed by atoms with Crippen molar-refractivity contribution in [2.75, 3.05) is 0 Å². The molecule has 84 valence electrons. The van der Waals surface area contributed by atoms with Gasteiger partial charge >= 0.3 is 0 Å². The predicted molar refractivity (Wildman–Crippen MR) is 71.2 cm³/mol. The van der Waals surface area contributed by atoms with E-state index in [-0.39, 0.29) is 0 Å². The molecule has 0 fully saturated rings. The zero-order valence-corrected chi connectivity index (χ0v) is 11.8. The molecule has 0 amide bonds. The molecule has 0 bridgehead atoms. The summed E-state index contributed by atoms with van der Waals surface area (Å²) >= 11 is 3.74. The topological polar surface area (TPSA) is 0 Å². The molecule has 0 radical (unpaired) electrons. The Labute approximate surface area is 102 Å². The lowest BCUT2D eigenvalue weighted by Gasteiger charge is -2.13.